The van der Waals surface area contributed by atoms with Crippen molar-refractivity contribution < 1.29 is 0 Å². The van der Waals surface area contributed by atoms with E-state index < -0.39 is 0 Å². The molecule has 0 saturated carbocycles. The van der Waals surface area contributed by atoms with E-state index in [1.165, 1.54) is 56.1 Å². The van der Waals surface area contributed by atoms with Crippen molar-refractivity contribution in [2.75, 3.05) is 19.6 Å². The van der Waals surface area contributed by atoms with Crippen LogP contribution < -0.4 is 5.73 Å². The van der Waals surface area contributed by atoms with E-state index in [4.69, 9.17) is 5.73 Å². The SMILES string of the molecule is NCCC1CCCN(C2CCc3cc(Br)ccc3C2)C1. The normalized spacial score (nSPS) is 27.3. The van der Waals surface area contributed by atoms with Crippen LogP contribution in [0.5, 0.6) is 0 Å². The van der Waals surface area contributed by atoms with Crippen molar-refractivity contribution in [1.29, 1.82) is 0 Å². The van der Waals surface area contributed by atoms with Crippen molar-refractivity contribution in [2.24, 2.45) is 11.7 Å². The first-order valence-corrected chi connectivity index (χ1v) is 8.77. The molecule has 110 valence electrons. The van der Waals surface area contributed by atoms with Gasteiger partial charge in [-0.3, -0.25) is 4.90 Å². The summed E-state index contributed by atoms with van der Waals surface area (Å²) >= 11 is 3.58. The Morgan fingerprint density at radius 3 is 3.00 bits per heavy atom. The van der Waals surface area contributed by atoms with Gasteiger partial charge < -0.3 is 5.73 Å². The van der Waals surface area contributed by atoms with Crippen molar-refractivity contribution >= 4 is 15.9 Å². The molecule has 1 saturated heterocycles. The number of benzene rings is 1. The third-order valence-electron chi connectivity index (χ3n) is 5.01. The van der Waals surface area contributed by atoms with Crippen LogP contribution in [0.3, 0.4) is 0 Å². The molecule has 0 amide bonds. The van der Waals surface area contributed by atoms with Crippen molar-refractivity contribution in [1.82, 2.24) is 4.90 Å². The molecule has 1 aromatic rings. The number of hydrogen-bond acceptors (Lipinski definition) is 2. The van der Waals surface area contributed by atoms with Crippen LogP contribution in [-0.4, -0.2) is 30.6 Å². The summed E-state index contributed by atoms with van der Waals surface area (Å²) in [5, 5.41) is 0. The topological polar surface area (TPSA) is 29.3 Å². The number of nitrogens with two attached hydrogens (primary N) is 1. The van der Waals surface area contributed by atoms with Gasteiger partial charge in [0.25, 0.3) is 0 Å². The minimum atomic E-state index is 0.754. The summed E-state index contributed by atoms with van der Waals surface area (Å²) in [5.74, 6) is 0.833. The Bertz CT molecular complexity index is 458. The molecule has 1 heterocycles. The van der Waals surface area contributed by atoms with E-state index in [2.05, 4.69) is 39.0 Å². The number of halogens is 1. The minimum absolute atomic E-state index is 0.754. The van der Waals surface area contributed by atoms with Crippen molar-refractivity contribution in [3.8, 4) is 0 Å². The maximum Gasteiger partial charge on any atom is 0.0178 e. The molecule has 2 aliphatic rings. The lowest BCUT2D eigenvalue weighted by Gasteiger charge is -2.40. The fourth-order valence-electron chi connectivity index (χ4n) is 3.92. The molecule has 2 atom stereocenters. The molecule has 3 heteroatoms. The van der Waals surface area contributed by atoms with Crippen LogP contribution in [0, 0.1) is 5.92 Å². The molecular formula is C17H25BrN2. The van der Waals surface area contributed by atoms with Gasteiger partial charge in [-0.1, -0.05) is 22.0 Å². The first-order chi connectivity index (χ1) is 9.76. The lowest BCUT2D eigenvalue weighted by Crippen LogP contribution is -2.45. The highest BCUT2D eigenvalue weighted by Gasteiger charge is 2.28. The Morgan fingerprint density at radius 1 is 1.25 bits per heavy atom. The Hall–Kier alpha value is -0.380. The van der Waals surface area contributed by atoms with Crippen molar-refractivity contribution in [3.63, 3.8) is 0 Å². The number of hydrogen-bond donors (Lipinski definition) is 1. The van der Waals surface area contributed by atoms with Gasteiger partial charge in [0.05, 0.1) is 0 Å². The second-order valence-corrected chi connectivity index (χ2v) is 7.31. The molecule has 1 aliphatic carbocycles. The Balaban J connectivity index is 1.65. The third-order valence-corrected chi connectivity index (χ3v) is 5.51. The summed E-state index contributed by atoms with van der Waals surface area (Å²) in [5.41, 5.74) is 8.85. The van der Waals surface area contributed by atoms with Gasteiger partial charge >= 0.3 is 0 Å². The summed E-state index contributed by atoms with van der Waals surface area (Å²) in [7, 11) is 0. The molecule has 0 spiro atoms. The number of rotatable bonds is 3. The van der Waals surface area contributed by atoms with E-state index in [1.54, 1.807) is 11.1 Å². The summed E-state index contributed by atoms with van der Waals surface area (Å²) in [4.78, 5) is 2.74. The van der Waals surface area contributed by atoms with Gasteiger partial charge in [-0.2, -0.15) is 0 Å². The fourth-order valence-corrected chi connectivity index (χ4v) is 4.32. The number of likely N-dealkylation sites (tertiary alicyclic amines) is 1. The highest BCUT2D eigenvalue weighted by Crippen LogP contribution is 2.30. The molecule has 0 aromatic heterocycles. The van der Waals surface area contributed by atoms with E-state index in [0.29, 0.717) is 0 Å². The van der Waals surface area contributed by atoms with Crippen LogP contribution in [0.15, 0.2) is 22.7 Å². The Labute approximate surface area is 130 Å². The van der Waals surface area contributed by atoms with E-state index in [9.17, 15) is 0 Å². The third kappa shape index (κ3) is 3.26. The summed E-state index contributed by atoms with van der Waals surface area (Å²) < 4.78 is 1.22. The van der Waals surface area contributed by atoms with Crippen LogP contribution in [0.2, 0.25) is 0 Å². The molecule has 3 rings (SSSR count). The predicted molar refractivity (Wildman–Crippen MR) is 87.9 cm³/mol. The van der Waals surface area contributed by atoms with Gasteiger partial charge in [0, 0.05) is 17.1 Å². The molecule has 1 aliphatic heterocycles. The minimum Gasteiger partial charge on any atom is -0.330 e. The van der Waals surface area contributed by atoms with Crippen LogP contribution in [0.1, 0.15) is 36.8 Å². The average Bonchev–Trinajstić information content (AvgIpc) is 2.47. The summed E-state index contributed by atoms with van der Waals surface area (Å²) in [6, 6.07) is 7.56. The van der Waals surface area contributed by atoms with E-state index >= 15 is 0 Å². The second-order valence-electron chi connectivity index (χ2n) is 6.39. The van der Waals surface area contributed by atoms with Gasteiger partial charge in [-0.05, 0) is 80.8 Å². The molecule has 2 unspecified atom stereocenters. The van der Waals surface area contributed by atoms with Gasteiger partial charge in [0.1, 0.15) is 0 Å². The molecule has 0 bridgehead atoms. The number of aryl methyl sites for hydroxylation is 1. The lowest BCUT2D eigenvalue weighted by molar-refractivity contribution is 0.110. The standard InChI is InChI=1S/C17H25BrN2/c18-16-5-3-15-11-17(6-4-14(15)10-16)20-9-1-2-13(12-20)7-8-19/h3,5,10,13,17H,1-2,4,6-9,11-12,19H2. The van der Waals surface area contributed by atoms with Crippen LogP contribution >= 0.6 is 15.9 Å². The Morgan fingerprint density at radius 2 is 2.15 bits per heavy atom. The first-order valence-electron chi connectivity index (χ1n) is 7.97. The maximum absolute atomic E-state index is 5.74. The van der Waals surface area contributed by atoms with Gasteiger partial charge in [0.15, 0.2) is 0 Å². The quantitative estimate of drug-likeness (QED) is 0.916. The Kier molecular flexibility index (Phi) is 4.79. The second kappa shape index (κ2) is 6.59. The molecule has 2 nitrogen and oxygen atoms in total. The lowest BCUT2D eigenvalue weighted by atomic mass is 9.85. The van der Waals surface area contributed by atoms with Crippen molar-refractivity contribution in [3.05, 3.63) is 33.8 Å². The zero-order valence-electron chi connectivity index (χ0n) is 12.2. The molecular weight excluding hydrogens is 312 g/mol. The van der Waals surface area contributed by atoms with Crippen molar-refractivity contribution in [2.45, 2.75) is 44.6 Å². The largest absolute Gasteiger partial charge is 0.330 e. The number of nitrogens with zero attached hydrogens (tertiary/aromatic N) is 1. The van der Waals surface area contributed by atoms with E-state index in [0.717, 1.165) is 18.5 Å². The number of piperidine rings is 1. The fraction of sp³-hybridized carbons (Fsp3) is 0.647. The van der Waals surface area contributed by atoms with Gasteiger partial charge in [0.2, 0.25) is 0 Å². The van der Waals surface area contributed by atoms with E-state index in [-0.39, 0.29) is 0 Å². The highest BCUT2D eigenvalue weighted by molar-refractivity contribution is 9.10. The predicted octanol–water partition coefficient (Wildman–Crippen LogP) is 3.37. The monoisotopic (exact) mass is 336 g/mol. The first kappa shape index (κ1) is 14.6. The average molecular weight is 337 g/mol. The number of fused-ring (bicyclic) bond motifs is 1. The zero-order valence-corrected chi connectivity index (χ0v) is 13.7. The van der Waals surface area contributed by atoms with Gasteiger partial charge in [-0.25, -0.2) is 0 Å². The molecule has 20 heavy (non-hydrogen) atoms. The van der Waals surface area contributed by atoms with Crippen LogP contribution in [0.25, 0.3) is 0 Å². The molecule has 2 N–H and O–H groups in total. The van der Waals surface area contributed by atoms with E-state index in [1.807, 2.05) is 0 Å². The summed E-state index contributed by atoms with van der Waals surface area (Å²) in [6.07, 6.45) is 7.72. The maximum atomic E-state index is 5.74. The van der Waals surface area contributed by atoms with Crippen LogP contribution in [-0.2, 0) is 12.8 Å². The van der Waals surface area contributed by atoms with Crippen LogP contribution in [0.4, 0.5) is 0 Å². The highest BCUT2D eigenvalue weighted by atomic mass is 79.9. The molecule has 0 radical (unpaired) electrons. The molecule has 1 fully saturated rings. The smallest absolute Gasteiger partial charge is 0.0178 e. The zero-order chi connectivity index (χ0) is 13.9. The molecule has 1 aromatic carbocycles. The van der Waals surface area contributed by atoms with Gasteiger partial charge in [-0.15, -0.1) is 0 Å². The summed E-state index contributed by atoms with van der Waals surface area (Å²) in [6.45, 7) is 3.41.